The second-order valence-corrected chi connectivity index (χ2v) is 4.15. The van der Waals surface area contributed by atoms with Crippen LogP contribution in [-0.4, -0.2) is 43.0 Å². The summed E-state index contributed by atoms with van der Waals surface area (Å²) in [5.41, 5.74) is 6.94. The normalized spacial score (nSPS) is 12.4. The van der Waals surface area contributed by atoms with E-state index in [0.717, 1.165) is 24.5 Å². The Labute approximate surface area is 109 Å². The van der Waals surface area contributed by atoms with E-state index in [1.807, 2.05) is 19.1 Å². The molecule has 3 N–H and O–H groups in total. The lowest BCUT2D eigenvalue weighted by molar-refractivity contribution is 0.0967. The van der Waals surface area contributed by atoms with Gasteiger partial charge in [-0.15, -0.1) is 0 Å². The highest BCUT2D eigenvalue weighted by atomic mass is 16.5. The van der Waals surface area contributed by atoms with Gasteiger partial charge in [-0.1, -0.05) is 0 Å². The summed E-state index contributed by atoms with van der Waals surface area (Å²) in [5.74, 6) is 0.917. The summed E-state index contributed by atoms with van der Waals surface area (Å²) in [4.78, 5) is 6.49. The Hall–Kier alpha value is -1.17. The van der Waals surface area contributed by atoms with E-state index in [1.54, 1.807) is 6.20 Å². The fraction of sp³-hybridized carbons (Fsp3) is 0.615. The van der Waals surface area contributed by atoms with E-state index in [0.29, 0.717) is 13.2 Å². The molecule has 18 heavy (non-hydrogen) atoms. The van der Waals surface area contributed by atoms with Crippen LogP contribution in [0, 0.1) is 0 Å². The van der Waals surface area contributed by atoms with Crippen molar-refractivity contribution < 1.29 is 9.84 Å². The lowest BCUT2D eigenvalue weighted by Crippen LogP contribution is -2.28. The van der Waals surface area contributed by atoms with Gasteiger partial charge in [0.1, 0.15) is 5.82 Å². The predicted octanol–water partition coefficient (Wildman–Crippen LogP) is 0.936. The van der Waals surface area contributed by atoms with Crippen LogP contribution in [0.5, 0.6) is 0 Å². The minimum Gasteiger partial charge on any atom is -0.394 e. The fourth-order valence-electron chi connectivity index (χ4n) is 1.67. The molecule has 0 saturated carbocycles. The van der Waals surface area contributed by atoms with Gasteiger partial charge in [0.15, 0.2) is 0 Å². The minimum atomic E-state index is 0.0103. The second kappa shape index (κ2) is 8.02. The van der Waals surface area contributed by atoms with Crippen molar-refractivity contribution in [2.75, 3.05) is 37.8 Å². The predicted molar refractivity (Wildman–Crippen MR) is 72.6 cm³/mol. The summed E-state index contributed by atoms with van der Waals surface area (Å²) < 4.78 is 5.27. The van der Waals surface area contributed by atoms with Crippen molar-refractivity contribution in [3.8, 4) is 0 Å². The average Bonchev–Trinajstić information content (AvgIpc) is 2.39. The molecule has 1 aromatic rings. The monoisotopic (exact) mass is 253 g/mol. The van der Waals surface area contributed by atoms with E-state index in [1.165, 1.54) is 0 Å². The molecular weight excluding hydrogens is 230 g/mol. The van der Waals surface area contributed by atoms with Gasteiger partial charge in [-0.05, 0) is 31.5 Å². The van der Waals surface area contributed by atoms with Crippen molar-refractivity contribution in [1.82, 2.24) is 4.98 Å². The third kappa shape index (κ3) is 4.60. The number of pyridine rings is 1. The van der Waals surface area contributed by atoms with Gasteiger partial charge in [0.05, 0.1) is 19.8 Å². The van der Waals surface area contributed by atoms with Crippen LogP contribution in [0.25, 0.3) is 0 Å². The van der Waals surface area contributed by atoms with Gasteiger partial charge in [-0.25, -0.2) is 4.98 Å². The number of anilines is 1. The maximum atomic E-state index is 8.64. The molecule has 1 aromatic heterocycles. The third-order valence-corrected chi connectivity index (χ3v) is 2.74. The van der Waals surface area contributed by atoms with Gasteiger partial charge in [-0.2, -0.15) is 0 Å². The second-order valence-electron chi connectivity index (χ2n) is 4.15. The minimum absolute atomic E-state index is 0.0103. The first-order chi connectivity index (χ1) is 8.69. The summed E-state index contributed by atoms with van der Waals surface area (Å²) in [6, 6.07) is 3.96. The molecule has 0 aliphatic heterocycles. The third-order valence-electron chi connectivity index (χ3n) is 2.74. The van der Waals surface area contributed by atoms with Crippen molar-refractivity contribution in [2.24, 2.45) is 5.73 Å². The van der Waals surface area contributed by atoms with Crippen molar-refractivity contribution in [3.63, 3.8) is 0 Å². The molecule has 0 saturated heterocycles. The molecule has 0 bridgehead atoms. The number of aliphatic hydroxyl groups is 1. The van der Waals surface area contributed by atoms with Gasteiger partial charge < -0.3 is 20.5 Å². The lowest BCUT2D eigenvalue weighted by Gasteiger charge is -2.22. The molecule has 0 aliphatic carbocycles. The highest BCUT2D eigenvalue weighted by Crippen LogP contribution is 2.16. The number of nitrogens with two attached hydrogens (primary N) is 1. The first-order valence-electron chi connectivity index (χ1n) is 6.34. The number of ether oxygens (including phenoxy) is 1. The maximum absolute atomic E-state index is 8.64. The van der Waals surface area contributed by atoms with Crippen molar-refractivity contribution in [1.29, 1.82) is 0 Å². The smallest absolute Gasteiger partial charge is 0.128 e. The summed E-state index contributed by atoms with van der Waals surface area (Å²) >= 11 is 0. The average molecular weight is 253 g/mol. The first kappa shape index (κ1) is 14.9. The van der Waals surface area contributed by atoms with Crippen LogP contribution >= 0.6 is 0 Å². The zero-order valence-electron chi connectivity index (χ0n) is 11.2. The molecule has 0 radical (unpaired) electrons. The van der Waals surface area contributed by atoms with Gasteiger partial charge in [-0.3, -0.25) is 0 Å². The summed E-state index contributed by atoms with van der Waals surface area (Å²) in [6.45, 7) is 6.67. The number of likely N-dealkylation sites (N-methyl/N-ethyl adjacent to an activating group) is 1. The number of aliphatic hydroxyl groups excluding tert-OH is 1. The van der Waals surface area contributed by atoms with Gasteiger partial charge >= 0.3 is 0 Å². The van der Waals surface area contributed by atoms with E-state index in [2.05, 4.69) is 16.8 Å². The van der Waals surface area contributed by atoms with E-state index >= 15 is 0 Å². The molecule has 5 heteroatoms. The van der Waals surface area contributed by atoms with E-state index in [4.69, 9.17) is 15.6 Å². The van der Waals surface area contributed by atoms with Crippen LogP contribution in [0.4, 0.5) is 5.82 Å². The molecule has 0 fully saturated rings. The standard InChI is InChI=1S/C13H23N3O2/c1-3-16(6-8-18-9-7-17)13-10-12(11(2)14)4-5-15-13/h4-5,10-11,17H,3,6-9,14H2,1-2H3/t11-/m0/s1. The van der Waals surface area contributed by atoms with Gasteiger partial charge in [0, 0.05) is 25.3 Å². The molecule has 1 rings (SSSR count). The molecular formula is C13H23N3O2. The molecule has 0 aromatic carbocycles. The number of aromatic nitrogens is 1. The topological polar surface area (TPSA) is 71.6 Å². The molecule has 0 aliphatic rings. The van der Waals surface area contributed by atoms with Gasteiger partial charge in [0.2, 0.25) is 0 Å². The van der Waals surface area contributed by atoms with Crippen LogP contribution in [-0.2, 0) is 4.74 Å². The number of hydrogen-bond acceptors (Lipinski definition) is 5. The van der Waals surface area contributed by atoms with Crippen molar-refractivity contribution >= 4 is 5.82 Å². The Kier molecular flexibility index (Phi) is 6.64. The molecule has 102 valence electrons. The zero-order valence-corrected chi connectivity index (χ0v) is 11.2. The largest absolute Gasteiger partial charge is 0.394 e. The molecule has 0 amide bonds. The summed E-state index contributed by atoms with van der Waals surface area (Å²) in [6.07, 6.45) is 1.78. The lowest BCUT2D eigenvalue weighted by atomic mass is 10.1. The first-order valence-corrected chi connectivity index (χ1v) is 6.34. The Morgan fingerprint density at radius 3 is 2.89 bits per heavy atom. The van der Waals surface area contributed by atoms with Crippen LogP contribution in [0.1, 0.15) is 25.5 Å². The van der Waals surface area contributed by atoms with Crippen molar-refractivity contribution in [3.05, 3.63) is 23.9 Å². The van der Waals surface area contributed by atoms with Crippen LogP contribution in [0.2, 0.25) is 0 Å². The van der Waals surface area contributed by atoms with Crippen LogP contribution in [0.15, 0.2) is 18.3 Å². The quantitative estimate of drug-likeness (QED) is 0.675. The molecule has 0 spiro atoms. The summed E-state index contributed by atoms with van der Waals surface area (Å²) in [5, 5.41) is 8.64. The highest BCUT2D eigenvalue weighted by molar-refractivity contribution is 5.41. The Bertz CT molecular complexity index is 345. The van der Waals surface area contributed by atoms with E-state index < -0.39 is 0 Å². The van der Waals surface area contributed by atoms with E-state index in [-0.39, 0.29) is 12.6 Å². The Balaban J connectivity index is 2.60. The Morgan fingerprint density at radius 1 is 1.50 bits per heavy atom. The highest BCUT2D eigenvalue weighted by Gasteiger charge is 2.08. The number of rotatable bonds is 8. The van der Waals surface area contributed by atoms with Crippen LogP contribution < -0.4 is 10.6 Å². The zero-order chi connectivity index (χ0) is 13.4. The number of nitrogens with zero attached hydrogens (tertiary/aromatic N) is 2. The van der Waals surface area contributed by atoms with Crippen LogP contribution in [0.3, 0.4) is 0 Å². The van der Waals surface area contributed by atoms with Crippen molar-refractivity contribution in [2.45, 2.75) is 19.9 Å². The molecule has 0 unspecified atom stereocenters. The molecule has 5 nitrogen and oxygen atoms in total. The maximum Gasteiger partial charge on any atom is 0.128 e. The van der Waals surface area contributed by atoms with E-state index in [9.17, 15) is 0 Å². The summed E-state index contributed by atoms with van der Waals surface area (Å²) in [7, 11) is 0. The Morgan fingerprint density at radius 2 is 2.28 bits per heavy atom. The molecule has 1 atom stereocenters. The SMILES string of the molecule is CCN(CCOCCO)c1cc([C@H](C)N)ccn1. The van der Waals surface area contributed by atoms with Gasteiger partial charge in [0.25, 0.3) is 0 Å². The molecule has 1 heterocycles. The fourth-order valence-corrected chi connectivity index (χ4v) is 1.67. The number of hydrogen-bond donors (Lipinski definition) is 2.